The zero-order chi connectivity index (χ0) is 22.2. The second-order valence-corrected chi connectivity index (χ2v) is 8.96. The quantitative estimate of drug-likeness (QED) is 0.490. The van der Waals surface area contributed by atoms with Crippen LogP contribution in [-0.4, -0.2) is 35.3 Å². The Labute approximate surface area is 177 Å². The average molecular weight is 442 g/mol. The smallest absolute Gasteiger partial charge is 0.254 e. The summed E-state index contributed by atoms with van der Waals surface area (Å²) in [6, 6.07) is 8.20. The monoisotopic (exact) mass is 442 g/mol. The van der Waals surface area contributed by atoms with Gasteiger partial charge in [0.2, 0.25) is 14.9 Å². The molecule has 1 N–H and O–H groups in total. The van der Waals surface area contributed by atoms with Gasteiger partial charge >= 0.3 is 0 Å². The Balaban J connectivity index is 1.64. The van der Waals surface area contributed by atoms with E-state index in [0.717, 1.165) is 6.26 Å². The van der Waals surface area contributed by atoms with E-state index < -0.39 is 21.8 Å². The largest absolute Gasteiger partial charge is 0.448 e. The number of aromatic nitrogens is 3. The van der Waals surface area contributed by atoms with Gasteiger partial charge in [-0.2, -0.15) is 5.10 Å². The van der Waals surface area contributed by atoms with Crippen LogP contribution in [0.2, 0.25) is 0 Å². The predicted molar refractivity (Wildman–Crippen MR) is 111 cm³/mol. The van der Waals surface area contributed by atoms with E-state index in [1.54, 1.807) is 29.2 Å². The van der Waals surface area contributed by atoms with Crippen molar-refractivity contribution in [2.45, 2.75) is 24.5 Å². The molecule has 3 aromatic heterocycles. The van der Waals surface area contributed by atoms with E-state index >= 15 is 0 Å². The first-order chi connectivity index (χ1) is 14.8. The van der Waals surface area contributed by atoms with Crippen molar-refractivity contribution in [1.82, 2.24) is 20.1 Å². The summed E-state index contributed by atoms with van der Waals surface area (Å²) in [5.41, 5.74) is 1.52. The zero-order valence-electron chi connectivity index (χ0n) is 16.7. The van der Waals surface area contributed by atoms with Gasteiger partial charge in [-0.05, 0) is 42.8 Å². The van der Waals surface area contributed by atoms with Crippen LogP contribution >= 0.6 is 0 Å². The molecule has 0 saturated heterocycles. The van der Waals surface area contributed by atoms with Crippen molar-refractivity contribution < 1.29 is 22.0 Å². The number of nitrogens with one attached hydrogen (secondary N) is 1. The van der Waals surface area contributed by atoms with Crippen molar-refractivity contribution in [1.29, 1.82) is 0 Å². The molecule has 0 bridgehead atoms. The van der Waals surface area contributed by atoms with Crippen LogP contribution in [0.5, 0.6) is 0 Å². The molecule has 1 atom stereocenters. The lowest BCUT2D eigenvalue weighted by atomic mass is 10.1. The molecule has 4 rings (SSSR count). The summed E-state index contributed by atoms with van der Waals surface area (Å²) in [6.45, 7) is 1.85. The molecule has 0 saturated carbocycles. The SMILES string of the molecule is CCC(NC(=O)c1cncc2c1cnn2-c1ccc(F)cc1)c1ccc(S(C)(=O)=O)o1. The third-order valence-corrected chi connectivity index (χ3v) is 5.79. The number of furan rings is 1. The highest BCUT2D eigenvalue weighted by atomic mass is 32.2. The van der Waals surface area contributed by atoms with Gasteiger partial charge in [0.05, 0.1) is 35.2 Å². The predicted octanol–water partition coefficient (Wildman–Crippen LogP) is 3.44. The molecule has 31 heavy (non-hydrogen) atoms. The Morgan fingerprint density at radius 2 is 1.90 bits per heavy atom. The van der Waals surface area contributed by atoms with Crippen LogP contribution in [0.4, 0.5) is 4.39 Å². The highest BCUT2D eigenvalue weighted by Gasteiger charge is 2.22. The van der Waals surface area contributed by atoms with Crippen molar-refractivity contribution >= 4 is 26.6 Å². The van der Waals surface area contributed by atoms with E-state index in [1.807, 2.05) is 6.92 Å². The van der Waals surface area contributed by atoms with Crippen molar-refractivity contribution in [2.75, 3.05) is 6.26 Å². The third kappa shape index (κ3) is 4.06. The zero-order valence-corrected chi connectivity index (χ0v) is 17.6. The van der Waals surface area contributed by atoms with Gasteiger partial charge in [-0.25, -0.2) is 17.5 Å². The number of amides is 1. The van der Waals surface area contributed by atoms with Crippen LogP contribution in [0.3, 0.4) is 0 Å². The van der Waals surface area contributed by atoms with Crippen LogP contribution in [0.15, 0.2) is 64.5 Å². The second kappa shape index (κ2) is 7.95. The number of carbonyl (C=O) groups excluding carboxylic acids is 1. The highest BCUT2D eigenvalue weighted by molar-refractivity contribution is 7.90. The molecule has 1 amide bonds. The molecule has 1 aromatic carbocycles. The van der Waals surface area contributed by atoms with E-state index in [2.05, 4.69) is 15.4 Å². The summed E-state index contributed by atoms with van der Waals surface area (Å²) in [5, 5.41) is 7.59. The van der Waals surface area contributed by atoms with Crippen molar-refractivity contribution in [3.63, 3.8) is 0 Å². The van der Waals surface area contributed by atoms with Gasteiger partial charge in [-0.1, -0.05) is 6.92 Å². The fourth-order valence-corrected chi connectivity index (χ4v) is 3.80. The van der Waals surface area contributed by atoms with E-state index in [-0.39, 0.29) is 10.9 Å². The minimum Gasteiger partial charge on any atom is -0.448 e. The van der Waals surface area contributed by atoms with Crippen LogP contribution in [-0.2, 0) is 9.84 Å². The first-order valence-electron chi connectivity index (χ1n) is 9.46. The maximum atomic E-state index is 13.2. The van der Waals surface area contributed by atoms with Crippen LogP contribution < -0.4 is 5.32 Å². The van der Waals surface area contributed by atoms with Gasteiger partial charge in [0.1, 0.15) is 11.6 Å². The molecule has 1 unspecified atom stereocenters. The van der Waals surface area contributed by atoms with Crippen LogP contribution in [0, 0.1) is 5.82 Å². The number of pyridine rings is 1. The van der Waals surface area contributed by atoms with Gasteiger partial charge in [0, 0.05) is 17.8 Å². The molecule has 10 heteroatoms. The molecule has 0 aliphatic rings. The number of hydrogen-bond acceptors (Lipinski definition) is 6. The van der Waals surface area contributed by atoms with E-state index in [1.165, 1.54) is 30.5 Å². The van der Waals surface area contributed by atoms with Gasteiger partial charge in [-0.3, -0.25) is 9.78 Å². The maximum Gasteiger partial charge on any atom is 0.254 e. The lowest BCUT2D eigenvalue weighted by Gasteiger charge is -2.15. The number of rotatable bonds is 6. The van der Waals surface area contributed by atoms with Gasteiger partial charge < -0.3 is 9.73 Å². The van der Waals surface area contributed by atoms with Crippen LogP contribution in [0.1, 0.15) is 35.5 Å². The van der Waals surface area contributed by atoms with E-state index in [4.69, 9.17) is 4.42 Å². The summed E-state index contributed by atoms with van der Waals surface area (Å²) in [4.78, 5) is 17.2. The molecular weight excluding hydrogens is 423 g/mol. The molecule has 8 nitrogen and oxygen atoms in total. The number of fused-ring (bicyclic) bond motifs is 1. The van der Waals surface area contributed by atoms with Crippen molar-refractivity contribution in [3.05, 3.63) is 72.1 Å². The number of carbonyl (C=O) groups is 1. The summed E-state index contributed by atoms with van der Waals surface area (Å²) < 4.78 is 43.6. The Bertz CT molecular complexity index is 1360. The van der Waals surface area contributed by atoms with Gasteiger partial charge in [0.25, 0.3) is 5.91 Å². The number of halogens is 1. The number of benzene rings is 1. The second-order valence-electron chi connectivity index (χ2n) is 7.02. The Morgan fingerprint density at radius 1 is 1.16 bits per heavy atom. The van der Waals surface area contributed by atoms with Gasteiger partial charge in [0.15, 0.2) is 0 Å². The minimum absolute atomic E-state index is 0.153. The molecule has 3 heterocycles. The summed E-state index contributed by atoms with van der Waals surface area (Å²) in [7, 11) is -3.48. The molecule has 0 spiro atoms. The Morgan fingerprint density at radius 3 is 2.55 bits per heavy atom. The molecule has 4 aromatic rings. The first-order valence-corrected chi connectivity index (χ1v) is 11.4. The Kier molecular flexibility index (Phi) is 5.32. The topological polar surface area (TPSA) is 107 Å². The fraction of sp³-hybridized carbons (Fsp3) is 0.190. The lowest BCUT2D eigenvalue weighted by molar-refractivity contribution is 0.0930. The molecule has 0 fully saturated rings. The Hall–Kier alpha value is -3.53. The summed E-state index contributed by atoms with van der Waals surface area (Å²) in [6.07, 6.45) is 6.10. The first kappa shape index (κ1) is 20.7. The highest BCUT2D eigenvalue weighted by Crippen LogP contribution is 2.25. The average Bonchev–Trinajstić information content (AvgIpc) is 3.39. The fourth-order valence-electron chi connectivity index (χ4n) is 3.24. The molecule has 160 valence electrons. The standard InChI is InChI=1S/C21H19FN4O4S/c1-3-17(19-8-9-20(30-19)31(2,28)29)25-21(27)16-10-23-12-18-15(16)11-24-26(18)14-6-4-13(22)5-7-14/h4-12,17H,3H2,1-2H3,(H,25,27). The van der Waals surface area contributed by atoms with E-state index in [9.17, 15) is 17.6 Å². The van der Waals surface area contributed by atoms with Gasteiger partial charge in [-0.15, -0.1) is 0 Å². The number of nitrogens with zero attached hydrogens (tertiary/aromatic N) is 3. The molecule has 0 aliphatic carbocycles. The number of sulfone groups is 1. The maximum absolute atomic E-state index is 13.2. The molecular formula is C21H19FN4O4S. The van der Waals surface area contributed by atoms with Crippen molar-refractivity contribution in [3.8, 4) is 5.69 Å². The normalized spacial score (nSPS) is 12.7. The third-order valence-electron chi connectivity index (χ3n) is 4.84. The molecule has 0 radical (unpaired) electrons. The van der Waals surface area contributed by atoms with Crippen LogP contribution in [0.25, 0.3) is 16.6 Å². The lowest BCUT2D eigenvalue weighted by Crippen LogP contribution is -2.28. The minimum atomic E-state index is -3.48. The molecule has 0 aliphatic heterocycles. The van der Waals surface area contributed by atoms with Crippen molar-refractivity contribution in [2.24, 2.45) is 0 Å². The summed E-state index contributed by atoms with van der Waals surface area (Å²) >= 11 is 0. The summed E-state index contributed by atoms with van der Waals surface area (Å²) in [5.74, 6) is -0.416. The van der Waals surface area contributed by atoms with E-state index in [0.29, 0.717) is 34.3 Å². The number of hydrogen-bond donors (Lipinski definition) is 1.